The maximum absolute atomic E-state index is 14.1. The number of rotatable bonds is 14. The van der Waals surface area contributed by atoms with Crippen LogP contribution in [0.25, 0.3) is 0 Å². The second-order valence-corrected chi connectivity index (χ2v) is 12.3. The molecule has 3 aromatic rings. The van der Waals surface area contributed by atoms with E-state index in [0.29, 0.717) is 18.0 Å². The van der Waals surface area contributed by atoms with E-state index in [0.717, 1.165) is 32.6 Å². The van der Waals surface area contributed by atoms with Crippen LogP contribution < -0.4 is 19.1 Å². The molecule has 2 amide bonds. The standard InChI is InChI=1S/C30H36BrN3O6S/c1-5-16-32-30(36)26(18-22-10-7-6-8-11-22)33(20-23-12-9-13-24(31)17-23)29(35)21-34(41(4,37)38)25-14-15-27(39-2)28(19-25)40-3/h6-15,17,19,26H,5,16,18,20-21H2,1-4H3,(H,32,36)/t26-/m1/s1. The lowest BCUT2D eigenvalue weighted by Crippen LogP contribution is -2.53. The quantitative estimate of drug-likeness (QED) is 0.279. The molecule has 9 nitrogen and oxygen atoms in total. The number of nitrogens with zero attached hydrogens (tertiary/aromatic N) is 2. The molecule has 3 aromatic carbocycles. The highest BCUT2D eigenvalue weighted by Crippen LogP contribution is 2.32. The summed E-state index contributed by atoms with van der Waals surface area (Å²) in [5.41, 5.74) is 1.89. The van der Waals surface area contributed by atoms with Gasteiger partial charge in [0.1, 0.15) is 12.6 Å². The fraction of sp³-hybridized carbons (Fsp3) is 0.333. The molecule has 1 N–H and O–H groups in total. The molecule has 0 fully saturated rings. The third-order valence-corrected chi connectivity index (χ3v) is 8.03. The molecule has 0 saturated heterocycles. The van der Waals surface area contributed by atoms with Gasteiger partial charge in [0.25, 0.3) is 0 Å². The highest BCUT2D eigenvalue weighted by Gasteiger charge is 2.33. The molecule has 0 radical (unpaired) electrons. The topological polar surface area (TPSA) is 105 Å². The van der Waals surface area contributed by atoms with Gasteiger partial charge in [-0.2, -0.15) is 0 Å². The summed E-state index contributed by atoms with van der Waals surface area (Å²) >= 11 is 3.47. The van der Waals surface area contributed by atoms with Gasteiger partial charge in [0, 0.05) is 30.0 Å². The minimum Gasteiger partial charge on any atom is -0.493 e. The van der Waals surface area contributed by atoms with Crippen molar-refractivity contribution >= 4 is 43.5 Å². The molecule has 3 rings (SSSR count). The molecule has 41 heavy (non-hydrogen) atoms. The number of benzene rings is 3. The van der Waals surface area contributed by atoms with E-state index >= 15 is 0 Å². The van der Waals surface area contributed by atoms with Gasteiger partial charge >= 0.3 is 0 Å². The molecule has 0 heterocycles. The monoisotopic (exact) mass is 645 g/mol. The maximum atomic E-state index is 14.1. The number of ether oxygens (including phenoxy) is 2. The van der Waals surface area contributed by atoms with Crippen LogP contribution in [0, 0.1) is 0 Å². The lowest BCUT2D eigenvalue weighted by Gasteiger charge is -2.33. The number of halogens is 1. The maximum Gasteiger partial charge on any atom is 0.244 e. The third kappa shape index (κ3) is 8.96. The van der Waals surface area contributed by atoms with Crippen LogP contribution >= 0.6 is 15.9 Å². The average molecular weight is 647 g/mol. The van der Waals surface area contributed by atoms with Gasteiger partial charge in [-0.25, -0.2) is 8.42 Å². The summed E-state index contributed by atoms with van der Waals surface area (Å²) in [6, 6.07) is 20.6. The Kier molecular flexibility index (Phi) is 11.6. The van der Waals surface area contributed by atoms with Crippen LogP contribution in [-0.4, -0.2) is 64.7 Å². The molecule has 0 bridgehead atoms. The largest absolute Gasteiger partial charge is 0.493 e. The first-order valence-corrected chi connectivity index (χ1v) is 15.8. The number of sulfonamides is 1. The first kappa shape index (κ1) is 32.0. The number of methoxy groups -OCH3 is 2. The van der Waals surface area contributed by atoms with E-state index in [2.05, 4.69) is 21.2 Å². The van der Waals surface area contributed by atoms with Crippen LogP contribution in [0.1, 0.15) is 24.5 Å². The van der Waals surface area contributed by atoms with Gasteiger partial charge in [0.2, 0.25) is 21.8 Å². The Morgan fingerprint density at radius 3 is 2.22 bits per heavy atom. The molecule has 0 aliphatic carbocycles. The van der Waals surface area contributed by atoms with E-state index in [1.807, 2.05) is 61.5 Å². The van der Waals surface area contributed by atoms with E-state index in [-0.39, 0.29) is 24.6 Å². The SMILES string of the molecule is CCCNC(=O)[C@@H](Cc1ccccc1)N(Cc1cccc(Br)c1)C(=O)CN(c1ccc(OC)c(OC)c1)S(C)(=O)=O. The number of anilines is 1. The van der Waals surface area contributed by atoms with Crippen molar-refractivity contribution in [2.24, 2.45) is 0 Å². The van der Waals surface area contributed by atoms with E-state index in [1.54, 1.807) is 12.1 Å². The fourth-order valence-electron chi connectivity index (χ4n) is 4.35. The summed E-state index contributed by atoms with van der Waals surface area (Å²) in [5.74, 6) is -0.102. The van der Waals surface area contributed by atoms with Crippen molar-refractivity contribution < 1.29 is 27.5 Å². The van der Waals surface area contributed by atoms with Crippen molar-refractivity contribution in [1.29, 1.82) is 0 Å². The van der Waals surface area contributed by atoms with E-state index in [9.17, 15) is 18.0 Å². The highest BCUT2D eigenvalue weighted by molar-refractivity contribution is 9.10. The van der Waals surface area contributed by atoms with Gasteiger partial charge in [0.15, 0.2) is 11.5 Å². The van der Waals surface area contributed by atoms with E-state index in [1.165, 1.54) is 25.2 Å². The Hall–Kier alpha value is -3.57. The first-order chi connectivity index (χ1) is 19.6. The molecule has 0 unspecified atom stereocenters. The van der Waals surface area contributed by atoms with Gasteiger partial charge in [-0.15, -0.1) is 0 Å². The predicted octanol–water partition coefficient (Wildman–Crippen LogP) is 4.40. The molecule has 11 heteroatoms. The Labute approximate surface area is 250 Å². The van der Waals surface area contributed by atoms with Gasteiger partial charge in [-0.3, -0.25) is 13.9 Å². The lowest BCUT2D eigenvalue weighted by atomic mass is 10.0. The van der Waals surface area contributed by atoms with E-state index < -0.39 is 28.5 Å². The second kappa shape index (κ2) is 14.9. The molecular weight excluding hydrogens is 610 g/mol. The molecule has 1 atom stereocenters. The van der Waals surface area contributed by atoms with Crippen LogP contribution in [0.4, 0.5) is 5.69 Å². The summed E-state index contributed by atoms with van der Waals surface area (Å²) in [5, 5.41) is 2.92. The van der Waals surface area contributed by atoms with Crippen molar-refractivity contribution in [2.45, 2.75) is 32.4 Å². The van der Waals surface area contributed by atoms with Gasteiger partial charge in [0.05, 0.1) is 26.2 Å². The molecule has 0 aromatic heterocycles. The second-order valence-electron chi connectivity index (χ2n) is 9.46. The number of hydrogen-bond donors (Lipinski definition) is 1. The Balaban J connectivity index is 2.06. The molecule has 0 saturated carbocycles. The minimum atomic E-state index is -3.91. The molecule has 0 spiro atoms. The number of nitrogens with one attached hydrogen (secondary N) is 1. The van der Waals surface area contributed by atoms with Crippen molar-refractivity contribution in [3.8, 4) is 11.5 Å². The Morgan fingerprint density at radius 1 is 0.927 bits per heavy atom. The molecule has 220 valence electrons. The van der Waals surface area contributed by atoms with Crippen LogP contribution in [0.3, 0.4) is 0 Å². The molecule has 0 aliphatic rings. The van der Waals surface area contributed by atoms with Gasteiger partial charge in [-0.1, -0.05) is 65.3 Å². The zero-order valence-corrected chi connectivity index (χ0v) is 26.1. The summed E-state index contributed by atoms with van der Waals surface area (Å²) in [7, 11) is -0.986. The van der Waals surface area contributed by atoms with Crippen LogP contribution in [-0.2, 0) is 32.6 Å². The van der Waals surface area contributed by atoms with Crippen molar-refractivity contribution in [2.75, 3.05) is 37.9 Å². The van der Waals surface area contributed by atoms with Crippen LogP contribution in [0.2, 0.25) is 0 Å². The molecule has 0 aliphatic heterocycles. The third-order valence-electron chi connectivity index (χ3n) is 6.40. The number of carbonyl (C=O) groups is 2. The number of amides is 2. The zero-order chi connectivity index (χ0) is 30.0. The Morgan fingerprint density at radius 2 is 1.61 bits per heavy atom. The summed E-state index contributed by atoms with van der Waals surface area (Å²) in [4.78, 5) is 29.1. The predicted molar refractivity (Wildman–Crippen MR) is 164 cm³/mol. The Bertz CT molecular complexity index is 1440. The number of hydrogen-bond acceptors (Lipinski definition) is 6. The van der Waals surface area contributed by atoms with Crippen molar-refractivity contribution in [3.05, 3.63) is 88.4 Å². The fourth-order valence-corrected chi connectivity index (χ4v) is 5.63. The first-order valence-electron chi connectivity index (χ1n) is 13.1. The normalized spacial score (nSPS) is 11.8. The van der Waals surface area contributed by atoms with Crippen LogP contribution in [0.15, 0.2) is 77.3 Å². The van der Waals surface area contributed by atoms with Crippen LogP contribution in [0.5, 0.6) is 11.5 Å². The summed E-state index contributed by atoms with van der Waals surface area (Å²) < 4.78 is 38.4. The smallest absolute Gasteiger partial charge is 0.244 e. The zero-order valence-electron chi connectivity index (χ0n) is 23.7. The van der Waals surface area contributed by atoms with Crippen molar-refractivity contribution in [3.63, 3.8) is 0 Å². The summed E-state index contributed by atoms with van der Waals surface area (Å²) in [6.07, 6.45) is 2.01. The summed E-state index contributed by atoms with van der Waals surface area (Å²) in [6.45, 7) is 1.97. The molecular formula is C30H36BrN3O6S. The highest BCUT2D eigenvalue weighted by atomic mass is 79.9. The average Bonchev–Trinajstić information content (AvgIpc) is 2.95. The minimum absolute atomic E-state index is 0.0961. The van der Waals surface area contributed by atoms with Crippen molar-refractivity contribution in [1.82, 2.24) is 10.2 Å². The van der Waals surface area contributed by atoms with E-state index in [4.69, 9.17) is 9.47 Å². The number of carbonyl (C=O) groups excluding carboxylic acids is 2. The lowest BCUT2D eigenvalue weighted by molar-refractivity contribution is -0.140. The van der Waals surface area contributed by atoms with Gasteiger partial charge in [-0.05, 0) is 41.8 Å². The van der Waals surface area contributed by atoms with Gasteiger partial charge < -0.3 is 19.7 Å².